The molecule has 0 spiro atoms. The zero-order valence-electron chi connectivity index (χ0n) is 13.4. The number of amides is 2. The van der Waals surface area contributed by atoms with E-state index >= 15 is 0 Å². The number of aromatic nitrogens is 1. The quantitative estimate of drug-likeness (QED) is 0.843. The third-order valence-electron chi connectivity index (χ3n) is 3.77. The number of methoxy groups -OCH3 is 1. The number of thiazole rings is 1. The Bertz CT molecular complexity index is 730. The van der Waals surface area contributed by atoms with Crippen LogP contribution in [0.1, 0.15) is 31.5 Å². The van der Waals surface area contributed by atoms with Gasteiger partial charge in [-0.25, -0.2) is 4.98 Å². The van der Waals surface area contributed by atoms with Crippen molar-refractivity contribution in [2.24, 2.45) is 0 Å². The smallest absolute Gasteiger partial charge is 0.280 e. The Morgan fingerprint density at radius 1 is 1.33 bits per heavy atom. The van der Waals surface area contributed by atoms with Gasteiger partial charge in [0.15, 0.2) is 10.8 Å². The van der Waals surface area contributed by atoms with E-state index in [9.17, 15) is 9.59 Å². The Hall–Kier alpha value is -2.25. The lowest BCUT2D eigenvalue weighted by Gasteiger charge is -2.25. The first-order valence-corrected chi connectivity index (χ1v) is 8.66. The molecule has 1 aromatic carbocycles. The Morgan fingerprint density at radius 3 is 2.88 bits per heavy atom. The van der Waals surface area contributed by atoms with Gasteiger partial charge < -0.3 is 10.1 Å². The van der Waals surface area contributed by atoms with Crippen molar-refractivity contribution in [3.05, 3.63) is 45.8 Å². The summed E-state index contributed by atoms with van der Waals surface area (Å²) in [5.74, 6) is 0.323. The highest BCUT2D eigenvalue weighted by Gasteiger charge is 2.28. The summed E-state index contributed by atoms with van der Waals surface area (Å²) in [7, 11) is 1.58. The second-order valence-corrected chi connectivity index (χ2v) is 6.52. The van der Waals surface area contributed by atoms with Gasteiger partial charge in [-0.3, -0.25) is 14.5 Å². The molecule has 126 valence electrons. The second kappa shape index (κ2) is 7.55. The summed E-state index contributed by atoms with van der Waals surface area (Å²) >= 11 is 1.36. The minimum absolute atomic E-state index is 0.0757. The molecule has 1 aromatic heterocycles. The van der Waals surface area contributed by atoms with E-state index in [-0.39, 0.29) is 11.8 Å². The number of ether oxygens (including phenoxy) is 1. The molecule has 2 amide bonds. The summed E-state index contributed by atoms with van der Waals surface area (Å²) in [6.07, 6.45) is 1.72. The molecular weight excluding hydrogens is 326 g/mol. The maximum atomic E-state index is 12.7. The molecule has 24 heavy (non-hydrogen) atoms. The largest absolute Gasteiger partial charge is 0.383 e. The van der Waals surface area contributed by atoms with E-state index in [0.717, 1.165) is 17.7 Å². The Balaban J connectivity index is 1.80. The van der Waals surface area contributed by atoms with Crippen molar-refractivity contribution in [2.75, 3.05) is 31.7 Å². The highest BCUT2D eigenvalue weighted by atomic mass is 32.1. The summed E-state index contributed by atoms with van der Waals surface area (Å²) in [6, 6.07) is 9.15. The van der Waals surface area contributed by atoms with Crippen molar-refractivity contribution >= 4 is 29.0 Å². The minimum atomic E-state index is -0.224. The number of aryl methyl sites for hydroxylation is 1. The molecule has 0 fully saturated rings. The van der Waals surface area contributed by atoms with Crippen molar-refractivity contribution < 1.29 is 14.3 Å². The van der Waals surface area contributed by atoms with E-state index in [1.54, 1.807) is 24.1 Å². The molecule has 2 aromatic rings. The van der Waals surface area contributed by atoms with Gasteiger partial charge >= 0.3 is 0 Å². The van der Waals surface area contributed by atoms with E-state index < -0.39 is 0 Å². The van der Waals surface area contributed by atoms with E-state index in [0.29, 0.717) is 36.1 Å². The zero-order chi connectivity index (χ0) is 16.9. The summed E-state index contributed by atoms with van der Waals surface area (Å²) in [4.78, 5) is 32.0. The highest BCUT2D eigenvalue weighted by Crippen LogP contribution is 2.32. The van der Waals surface area contributed by atoms with Crippen LogP contribution in [0.4, 0.5) is 5.82 Å². The molecule has 0 unspecified atom stereocenters. The van der Waals surface area contributed by atoms with Gasteiger partial charge in [-0.1, -0.05) is 18.2 Å². The van der Waals surface area contributed by atoms with Crippen LogP contribution in [0.3, 0.4) is 0 Å². The first-order valence-electron chi connectivity index (χ1n) is 7.84. The Kier molecular flexibility index (Phi) is 5.22. The SMILES string of the molecule is COCCNC(=O)c1nc2c(s1)CCCN2C(=O)c1ccccc1. The Morgan fingerprint density at radius 2 is 2.12 bits per heavy atom. The molecule has 2 heterocycles. The van der Waals surface area contributed by atoms with E-state index in [1.807, 2.05) is 18.2 Å². The van der Waals surface area contributed by atoms with Crippen LogP contribution in [0.15, 0.2) is 30.3 Å². The summed E-state index contributed by atoms with van der Waals surface area (Å²) < 4.78 is 4.92. The molecular formula is C17H19N3O3S. The maximum absolute atomic E-state index is 12.7. The lowest BCUT2D eigenvalue weighted by atomic mass is 10.1. The summed E-state index contributed by atoms with van der Waals surface area (Å²) in [5, 5.41) is 3.16. The number of hydrogen-bond donors (Lipinski definition) is 1. The van der Waals surface area contributed by atoms with Crippen molar-refractivity contribution in [2.45, 2.75) is 12.8 Å². The number of rotatable bonds is 5. The number of benzene rings is 1. The molecule has 6 nitrogen and oxygen atoms in total. The van der Waals surface area contributed by atoms with Crippen LogP contribution in [-0.2, 0) is 11.2 Å². The van der Waals surface area contributed by atoms with Gasteiger partial charge in [-0.15, -0.1) is 11.3 Å². The van der Waals surface area contributed by atoms with Gasteiger partial charge in [0.05, 0.1) is 6.61 Å². The number of nitrogens with one attached hydrogen (secondary N) is 1. The molecule has 0 atom stereocenters. The number of anilines is 1. The number of hydrogen-bond acceptors (Lipinski definition) is 5. The van der Waals surface area contributed by atoms with Crippen molar-refractivity contribution in [3.8, 4) is 0 Å². The summed E-state index contributed by atoms with van der Waals surface area (Å²) in [6.45, 7) is 1.51. The van der Waals surface area contributed by atoms with E-state index in [1.165, 1.54) is 11.3 Å². The van der Waals surface area contributed by atoms with Gasteiger partial charge in [0.2, 0.25) is 0 Å². The number of fused-ring (bicyclic) bond motifs is 1. The fraction of sp³-hybridized carbons (Fsp3) is 0.353. The number of nitrogens with zero attached hydrogens (tertiary/aromatic N) is 2. The van der Waals surface area contributed by atoms with Gasteiger partial charge in [-0.2, -0.15) is 0 Å². The predicted octanol–water partition coefficient (Wildman–Crippen LogP) is 2.11. The summed E-state index contributed by atoms with van der Waals surface area (Å²) in [5.41, 5.74) is 0.629. The normalized spacial score (nSPS) is 13.5. The lowest BCUT2D eigenvalue weighted by molar-refractivity contribution is 0.0934. The van der Waals surface area contributed by atoms with Crippen LogP contribution >= 0.6 is 11.3 Å². The van der Waals surface area contributed by atoms with Crippen molar-refractivity contribution in [1.82, 2.24) is 10.3 Å². The van der Waals surface area contributed by atoms with Gasteiger partial charge in [0, 0.05) is 30.6 Å². The van der Waals surface area contributed by atoms with Crippen LogP contribution in [0.25, 0.3) is 0 Å². The molecule has 1 aliphatic rings. The third-order valence-corrected chi connectivity index (χ3v) is 4.87. The van der Waals surface area contributed by atoms with Crippen LogP contribution in [0, 0.1) is 0 Å². The van der Waals surface area contributed by atoms with Crippen LogP contribution in [0.5, 0.6) is 0 Å². The average molecular weight is 345 g/mol. The molecule has 1 aliphatic heterocycles. The average Bonchev–Trinajstić information content (AvgIpc) is 3.06. The third kappa shape index (κ3) is 3.47. The molecule has 7 heteroatoms. The van der Waals surface area contributed by atoms with Gasteiger partial charge in [0.25, 0.3) is 11.8 Å². The first kappa shape index (κ1) is 16.6. The standard InChI is InChI=1S/C17H19N3O3S/c1-23-11-9-18-15(21)16-19-14-13(24-16)8-5-10-20(14)17(22)12-6-3-2-4-7-12/h2-4,6-7H,5,8-11H2,1H3,(H,18,21). The van der Waals surface area contributed by atoms with E-state index in [4.69, 9.17) is 4.74 Å². The number of carbonyl (C=O) groups is 2. The van der Waals surface area contributed by atoms with Crippen LogP contribution in [-0.4, -0.2) is 43.6 Å². The number of carbonyl (C=O) groups excluding carboxylic acids is 2. The fourth-order valence-electron chi connectivity index (χ4n) is 2.59. The van der Waals surface area contributed by atoms with Crippen LogP contribution < -0.4 is 10.2 Å². The zero-order valence-corrected chi connectivity index (χ0v) is 14.3. The molecule has 0 bridgehead atoms. The monoisotopic (exact) mass is 345 g/mol. The van der Waals surface area contributed by atoms with Crippen molar-refractivity contribution in [1.29, 1.82) is 0 Å². The molecule has 0 saturated heterocycles. The molecule has 0 saturated carbocycles. The Labute approximate surface area is 144 Å². The fourth-order valence-corrected chi connectivity index (χ4v) is 3.62. The highest BCUT2D eigenvalue weighted by molar-refractivity contribution is 7.14. The molecule has 0 radical (unpaired) electrons. The molecule has 3 rings (SSSR count). The maximum Gasteiger partial charge on any atom is 0.280 e. The van der Waals surface area contributed by atoms with Crippen molar-refractivity contribution in [3.63, 3.8) is 0 Å². The molecule has 1 N–H and O–H groups in total. The van der Waals surface area contributed by atoms with E-state index in [2.05, 4.69) is 10.3 Å². The van der Waals surface area contributed by atoms with Crippen LogP contribution in [0.2, 0.25) is 0 Å². The minimum Gasteiger partial charge on any atom is -0.383 e. The van der Waals surface area contributed by atoms with Gasteiger partial charge in [-0.05, 0) is 25.0 Å². The lowest BCUT2D eigenvalue weighted by Crippen LogP contribution is -2.35. The first-order chi connectivity index (χ1) is 11.7. The van der Waals surface area contributed by atoms with Gasteiger partial charge in [0.1, 0.15) is 0 Å². The topological polar surface area (TPSA) is 71.5 Å². The molecule has 0 aliphatic carbocycles. The predicted molar refractivity (Wildman–Crippen MR) is 92.8 cm³/mol. The second-order valence-electron chi connectivity index (χ2n) is 5.44.